The van der Waals surface area contributed by atoms with Gasteiger partial charge in [0.2, 0.25) is 0 Å². The summed E-state index contributed by atoms with van der Waals surface area (Å²) in [6, 6.07) is 15.3. The van der Waals surface area contributed by atoms with Crippen molar-refractivity contribution in [3.63, 3.8) is 0 Å². The Morgan fingerprint density at radius 1 is 1.04 bits per heavy atom. The van der Waals surface area contributed by atoms with Crippen LogP contribution in [-0.4, -0.2) is 41.2 Å². The maximum Gasteiger partial charge on any atom is 0.376 e. The highest BCUT2D eigenvalue weighted by atomic mass is 16.5. The minimum absolute atomic E-state index is 0.0713. The summed E-state index contributed by atoms with van der Waals surface area (Å²) in [6.45, 7) is 0.532. The van der Waals surface area contributed by atoms with Crippen LogP contribution in [0.1, 0.15) is 29.9 Å². The van der Waals surface area contributed by atoms with E-state index in [0.717, 1.165) is 27.3 Å². The standard InChI is InChI=1S/C20H19NO4/c22-19(18-10-5-11-21(18)24)20(23)25-12-17-15-8-3-1-6-13(15)14-7-2-4-9-16(14)17/h1-4,6-9,17-18,24H,5,10-12H2/t18-/m0/s1. The van der Waals surface area contributed by atoms with Gasteiger partial charge < -0.3 is 9.94 Å². The molecule has 1 aliphatic heterocycles. The van der Waals surface area contributed by atoms with E-state index >= 15 is 0 Å². The van der Waals surface area contributed by atoms with Gasteiger partial charge in [0.15, 0.2) is 0 Å². The van der Waals surface area contributed by atoms with E-state index in [1.807, 2.05) is 36.4 Å². The van der Waals surface area contributed by atoms with Crippen molar-refractivity contribution in [3.8, 4) is 11.1 Å². The normalized spacial score (nSPS) is 19.5. The Kier molecular flexibility index (Phi) is 4.11. The number of esters is 1. The minimum atomic E-state index is -0.868. The fraction of sp³-hybridized carbons (Fsp3) is 0.300. The molecule has 1 aliphatic carbocycles. The van der Waals surface area contributed by atoms with Crippen molar-refractivity contribution in [2.45, 2.75) is 24.8 Å². The highest BCUT2D eigenvalue weighted by molar-refractivity contribution is 6.35. The zero-order chi connectivity index (χ0) is 17.4. The summed E-state index contributed by atoms with van der Waals surface area (Å²) in [6.07, 6.45) is 1.18. The van der Waals surface area contributed by atoms with Crippen LogP contribution < -0.4 is 0 Å². The van der Waals surface area contributed by atoms with Gasteiger partial charge in [-0.05, 0) is 35.1 Å². The average Bonchev–Trinajstić information content (AvgIpc) is 3.20. The second-order valence-electron chi connectivity index (χ2n) is 6.51. The molecule has 0 saturated carbocycles. The SMILES string of the molecule is O=C(OCC1c2ccccc2-c2ccccc21)C(=O)[C@@H]1CCCN1O. The van der Waals surface area contributed by atoms with Crippen molar-refractivity contribution in [1.29, 1.82) is 0 Å². The number of ether oxygens (including phenoxy) is 1. The number of fused-ring (bicyclic) bond motifs is 3. The summed E-state index contributed by atoms with van der Waals surface area (Å²) in [4.78, 5) is 24.3. The molecular formula is C20H19NO4. The molecule has 128 valence electrons. The van der Waals surface area contributed by atoms with E-state index in [9.17, 15) is 14.8 Å². The zero-order valence-electron chi connectivity index (χ0n) is 13.7. The van der Waals surface area contributed by atoms with E-state index in [1.165, 1.54) is 0 Å². The van der Waals surface area contributed by atoms with Gasteiger partial charge in [-0.15, -0.1) is 0 Å². The summed E-state index contributed by atoms with van der Waals surface area (Å²) in [5.74, 6) is -1.61. The van der Waals surface area contributed by atoms with E-state index < -0.39 is 17.8 Å². The third kappa shape index (κ3) is 2.75. The summed E-state index contributed by atoms with van der Waals surface area (Å²) in [7, 11) is 0. The molecule has 0 unspecified atom stereocenters. The monoisotopic (exact) mass is 337 g/mol. The molecule has 0 spiro atoms. The predicted octanol–water partition coefficient (Wildman–Crippen LogP) is 2.76. The molecule has 0 bridgehead atoms. The van der Waals surface area contributed by atoms with Gasteiger partial charge in [0, 0.05) is 12.5 Å². The molecule has 4 rings (SSSR count). The lowest BCUT2D eigenvalue weighted by Crippen LogP contribution is -2.39. The third-order valence-electron chi connectivity index (χ3n) is 5.07. The molecule has 0 amide bonds. The number of nitrogens with zero attached hydrogens (tertiary/aromatic N) is 1. The molecule has 5 heteroatoms. The maximum atomic E-state index is 12.2. The zero-order valence-corrected chi connectivity index (χ0v) is 13.7. The lowest BCUT2D eigenvalue weighted by Gasteiger charge is -2.17. The fourth-order valence-electron chi connectivity index (χ4n) is 3.82. The van der Waals surface area contributed by atoms with Crippen molar-refractivity contribution in [1.82, 2.24) is 5.06 Å². The van der Waals surface area contributed by atoms with E-state index in [0.29, 0.717) is 19.4 Å². The van der Waals surface area contributed by atoms with Gasteiger partial charge in [0.25, 0.3) is 5.78 Å². The first-order chi connectivity index (χ1) is 12.2. The van der Waals surface area contributed by atoms with Crippen LogP contribution in [0.5, 0.6) is 0 Å². The number of carbonyl (C=O) groups is 2. The molecule has 1 saturated heterocycles. The van der Waals surface area contributed by atoms with Gasteiger partial charge in [-0.2, -0.15) is 5.06 Å². The smallest absolute Gasteiger partial charge is 0.376 e. The predicted molar refractivity (Wildman–Crippen MR) is 91.2 cm³/mol. The molecule has 1 fully saturated rings. The molecule has 1 heterocycles. The molecule has 5 nitrogen and oxygen atoms in total. The lowest BCUT2D eigenvalue weighted by atomic mass is 9.98. The molecule has 0 aromatic heterocycles. The number of ketones is 1. The molecule has 1 N–H and O–H groups in total. The highest BCUT2D eigenvalue weighted by Crippen LogP contribution is 2.44. The molecular weight excluding hydrogens is 318 g/mol. The maximum absolute atomic E-state index is 12.2. The van der Waals surface area contributed by atoms with Gasteiger partial charge in [-0.25, -0.2) is 4.79 Å². The number of hydrogen-bond donors (Lipinski definition) is 1. The molecule has 25 heavy (non-hydrogen) atoms. The van der Waals surface area contributed by atoms with E-state index in [-0.39, 0.29) is 12.5 Å². The quantitative estimate of drug-likeness (QED) is 0.686. The third-order valence-corrected chi connectivity index (χ3v) is 5.07. The summed E-state index contributed by atoms with van der Waals surface area (Å²) >= 11 is 0. The lowest BCUT2D eigenvalue weighted by molar-refractivity contribution is -0.164. The van der Waals surface area contributed by atoms with Gasteiger partial charge >= 0.3 is 5.97 Å². The van der Waals surface area contributed by atoms with Gasteiger partial charge in [-0.3, -0.25) is 4.79 Å². The first kappa shape index (κ1) is 16.0. The van der Waals surface area contributed by atoms with Crippen LogP contribution in [-0.2, 0) is 14.3 Å². The average molecular weight is 337 g/mol. The molecule has 2 aliphatic rings. The summed E-state index contributed by atoms with van der Waals surface area (Å²) in [5.41, 5.74) is 4.49. The van der Waals surface area contributed by atoms with Crippen LogP contribution in [0, 0.1) is 0 Å². The van der Waals surface area contributed by atoms with Crippen molar-refractivity contribution in [2.75, 3.05) is 13.2 Å². The van der Waals surface area contributed by atoms with E-state index in [2.05, 4.69) is 12.1 Å². The Bertz CT molecular complexity index is 786. The van der Waals surface area contributed by atoms with Crippen LogP contribution in [0.15, 0.2) is 48.5 Å². The number of rotatable bonds is 4. The Hall–Kier alpha value is -2.50. The Morgan fingerprint density at radius 2 is 1.64 bits per heavy atom. The Labute approximate surface area is 145 Å². The van der Waals surface area contributed by atoms with Crippen molar-refractivity contribution >= 4 is 11.8 Å². The van der Waals surface area contributed by atoms with Crippen LogP contribution in [0.2, 0.25) is 0 Å². The van der Waals surface area contributed by atoms with Gasteiger partial charge in [0.1, 0.15) is 12.6 Å². The highest BCUT2D eigenvalue weighted by Gasteiger charge is 2.36. The van der Waals surface area contributed by atoms with Crippen LogP contribution in [0.4, 0.5) is 0 Å². The number of hydroxylamine groups is 2. The second kappa shape index (κ2) is 6.43. The minimum Gasteiger partial charge on any atom is -0.459 e. The van der Waals surface area contributed by atoms with Crippen molar-refractivity contribution in [3.05, 3.63) is 59.7 Å². The topological polar surface area (TPSA) is 66.8 Å². The number of Topliss-reactive ketones (excluding diaryl/α,β-unsaturated/α-hetero) is 1. The van der Waals surface area contributed by atoms with E-state index in [1.54, 1.807) is 0 Å². The van der Waals surface area contributed by atoms with Crippen LogP contribution >= 0.6 is 0 Å². The Morgan fingerprint density at radius 3 is 2.20 bits per heavy atom. The first-order valence-electron chi connectivity index (χ1n) is 8.51. The Balaban J connectivity index is 1.51. The van der Waals surface area contributed by atoms with Crippen LogP contribution in [0.3, 0.4) is 0 Å². The molecule has 2 aromatic rings. The number of hydrogen-bond acceptors (Lipinski definition) is 5. The molecule has 2 aromatic carbocycles. The number of carbonyl (C=O) groups excluding carboxylic acids is 2. The van der Waals surface area contributed by atoms with Gasteiger partial charge in [-0.1, -0.05) is 48.5 Å². The largest absolute Gasteiger partial charge is 0.459 e. The van der Waals surface area contributed by atoms with Crippen molar-refractivity contribution in [2.24, 2.45) is 0 Å². The van der Waals surface area contributed by atoms with Crippen LogP contribution in [0.25, 0.3) is 11.1 Å². The molecule has 0 radical (unpaired) electrons. The fourth-order valence-corrected chi connectivity index (χ4v) is 3.82. The van der Waals surface area contributed by atoms with Crippen molar-refractivity contribution < 1.29 is 19.5 Å². The summed E-state index contributed by atoms with van der Waals surface area (Å²) < 4.78 is 5.34. The summed E-state index contributed by atoms with van der Waals surface area (Å²) in [5, 5.41) is 10.6. The second-order valence-corrected chi connectivity index (χ2v) is 6.51. The number of benzene rings is 2. The van der Waals surface area contributed by atoms with Gasteiger partial charge in [0.05, 0.1) is 0 Å². The first-order valence-corrected chi connectivity index (χ1v) is 8.51. The van der Waals surface area contributed by atoms with E-state index in [4.69, 9.17) is 4.74 Å². The molecule has 1 atom stereocenters.